The van der Waals surface area contributed by atoms with Gasteiger partial charge in [-0.05, 0) is 109 Å². The molecule has 75 heavy (non-hydrogen) atoms. The van der Waals surface area contributed by atoms with E-state index < -0.39 is 12.1 Å². The van der Waals surface area contributed by atoms with Crippen LogP contribution in [-0.2, 0) is 4.79 Å². The van der Waals surface area contributed by atoms with E-state index in [1.165, 1.54) is 154 Å². The molecule has 2 unspecified atom stereocenters. The summed E-state index contributed by atoms with van der Waals surface area (Å²) >= 11 is 0. The third kappa shape index (κ3) is 61.0. The van der Waals surface area contributed by atoms with Crippen molar-refractivity contribution in [2.45, 2.75) is 289 Å². The molecule has 0 aromatic heterocycles. The number of nitrogens with one attached hydrogen (secondary N) is 1. The molecule has 3 N–H and O–H groups in total. The van der Waals surface area contributed by atoms with Crippen molar-refractivity contribution in [2.24, 2.45) is 0 Å². The lowest BCUT2D eigenvalue weighted by molar-refractivity contribution is -0.123. The zero-order chi connectivity index (χ0) is 54.1. The summed E-state index contributed by atoms with van der Waals surface area (Å²) in [7, 11) is 0. The van der Waals surface area contributed by atoms with Gasteiger partial charge in [0.1, 0.15) is 0 Å². The van der Waals surface area contributed by atoms with Gasteiger partial charge in [0.15, 0.2) is 0 Å². The van der Waals surface area contributed by atoms with E-state index in [1.807, 2.05) is 6.08 Å². The average molecular weight is 1030 g/mol. The Kier molecular flexibility index (Phi) is 61.3. The Morgan fingerprint density at radius 1 is 0.333 bits per heavy atom. The van der Waals surface area contributed by atoms with Crippen molar-refractivity contribution in [3.63, 3.8) is 0 Å². The average Bonchev–Trinajstić information content (AvgIpc) is 3.41. The Morgan fingerprint density at radius 2 is 0.600 bits per heavy atom. The van der Waals surface area contributed by atoms with Crippen molar-refractivity contribution in [1.29, 1.82) is 0 Å². The van der Waals surface area contributed by atoms with Gasteiger partial charge in [0.05, 0.1) is 18.8 Å². The zero-order valence-electron chi connectivity index (χ0n) is 49.0. The first-order valence-corrected chi connectivity index (χ1v) is 31.5. The minimum atomic E-state index is -0.874. The molecule has 0 radical (unpaired) electrons. The molecule has 0 rings (SSSR count). The number of aliphatic hydroxyl groups is 2. The summed E-state index contributed by atoms with van der Waals surface area (Å²) in [6.45, 7) is 4.19. The molecule has 0 aliphatic rings. The fourth-order valence-corrected chi connectivity index (χ4v) is 8.81. The van der Waals surface area contributed by atoms with E-state index in [2.05, 4.69) is 153 Å². The Morgan fingerprint density at radius 3 is 0.933 bits per heavy atom. The highest BCUT2D eigenvalue weighted by Crippen LogP contribution is 2.16. The van der Waals surface area contributed by atoms with Gasteiger partial charge in [-0.15, -0.1) is 0 Å². The van der Waals surface area contributed by atoms with Crippen molar-refractivity contribution in [3.05, 3.63) is 146 Å². The molecule has 0 saturated carbocycles. The highest BCUT2D eigenvalue weighted by Gasteiger charge is 2.18. The summed E-state index contributed by atoms with van der Waals surface area (Å²) in [5.41, 5.74) is 0. The highest BCUT2D eigenvalue weighted by atomic mass is 16.3. The van der Waals surface area contributed by atoms with Crippen LogP contribution in [0, 0.1) is 0 Å². The van der Waals surface area contributed by atoms with Gasteiger partial charge in [-0.1, -0.05) is 307 Å². The lowest BCUT2D eigenvalue weighted by Crippen LogP contribution is -2.45. The van der Waals surface area contributed by atoms with Crippen LogP contribution in [0.2, 0.25) is 0 Å². The van der Waals surface area contributed by atoms with Gasteiger partial charge in [-0.3, -0.25) is 4.79 Å². The topological polar surface area (TPSA) is 69.6 Å². The minimum absolute atomic E-state index is 0.0824. The minimum Gasteiger partial charge on any atom is -0.394 e. The molecule has 0 bridgehead atoms. The van der Waals surface area contributed by atoms with Crippen molar-refractivity contribution in [3.8, 4) is 0 Å². The van der Waals surface area contributed by atoms with Crippen LogP contribution in [0.4, 0.5) is 0 Å². The SMILES string of the molecule is CC/C=C\C/C=C\C/C=C\C/C=C\C/C=C\C/C=C\C/C=C\C/C=C\C/C=C\C/C=C\CCCCCCCCCCCCC(=O)NC(CO)C(O)/C=C/CC/C=C/CCCCCCCCCCCCCCCCCC. The molecule has 0 heterocycles. The predicted octanol–water partition coefficient (Wildman–Crippen LogP) is 21.5. The smallest absolute Gasteiger partial charge is 0.220 e. The highest BCUT2D eigenvalue weighted by molar-refractivity contribution is 5.76. The molecule has 0 aliphatic carbocycles. The van der Waals surface area contributed by atoms with Gasteiger partial charge in [0, 0.05) is 6.42 Å². The lowest BCUT2D eigenvalue weighted by Gasteiger charge is -2.19. The normalized spacial score (nSPS) is 13.8. The van der Waals surface area contributed by atoms with E-state index in [-0.39, 0.29) is 12.5 Å². The number of hydrogen-bond donors (Lipinski definition) is 3. The molecule has 0 aromatic carbocycles. The largest absolute Gasteiger partial charge is 0.394 e. The standard InChI is InChI=1S/C71H119NO3/c1-3-5-7-9-11-13-15-17-19-21-23-25-27-28-29-30-31-32-33-34-35-36-37-38-39-40-41-42-43-44-45-47-49-51-53-55-57-59-61-63-65-67-71(75)72-69(68-73)70(74)66-64-62-60-58-56-54-52-50-48-46-26-24-22-20-18-16-14-12-10-8-6-4-2/h5,7,11,13,17,19,23,25,28-29,31-32,34-35,37-38,40-41,43-44,56,58,64,66,69-70,73-74H,3-4,6,8-10,12,14-16,18,20-22,24,26-27,30,33,36,39,42,45-55,57,59-63,65,67-68H2,1-2H3,(H,72,75)/b7-5-,13-11-,19-17-,25-23-,29-28-,32-31-,35-34-,38-37-,41-40-,44-43-,58-56+,66-64+. The van der Waals surface area contributed by atoms with Gasteiger partial charge in [0.25, 0.3) is 0 Å². The molecule has 0 aromatic rings. The number of aliphatic hydroxyl groups excluding tert-OH is 2. The number of unbranched alkanes of at least 4 members (excludes halogenated alkanes) is 27. The van der Waals surface area contributed by atoms with Crippen LogP contribution < -0.4 is 5.32 Å². The molecule has 0 fully saturated rings. The number of allylic oxidation sites excluding steroid dienone is 23. The van der Waals surface area contributed by atoms with E-state index >= 15 is 0 Å². The fraction of sp³-hybridized carbons (Fsp3) is 0.648. The molecule has 4 heteroatoms. The van der Waals surface area contributed by atoms with E-state index in [0.717, 1.165) is 103 Å². The molecule has 1 amide bonds. The predicted molar refractivity (Wildman–Crippen MR) is 335 cm³/mol. The van der Waals surface area contributed by atoms with E-state index in [1.54, 1.807) is 6.08 Å². The van der Waals surface area contributed by atoms with Gasteiger partial charge in [0.2, 0.25) is 5.91 Å². The third-order valence-electron chi connectivity index (χ3n) is 13.6. The van der Waals surface area contributed by atoms with Crippen LogP contribution in [0.5, 0.6) is 0 Å². The second-order valence-corrected chi connectivity index (χ2v) is 20.7. The zero-order valence-corrected chi connectivity index (χ0v) is 49.0. The number of amides is 1. The summed E-state index contributed by atoms with van der Waals surface area (Å²) in [5, 5.41) is 23.2. The summed E-state index contributed by atoms with van der Waals surface area (Å²) < 4.78 is 0. The van der Waals surface area contributed by atoms with Crippen LogP contribution in [0.3, 0.4) is 0 Å². The van der Waals surface area contributed by atoms with Gasteiger partial charge >= 0.3 is 0 Å². The van der Waals surface area contributed by atoms with E-state index in [0.29, 0.717) is 6.42 Å². The Bertz CT molecular complexity index is 1550. The number of hydrogen-bond acceptors (Lipinski definition) is 3. The van der Waals surface area contributed by atoms with Crippen molar-refractivity contribution < 1.29 is 15.0 Å². The van der Waals surface area contributed by atoms with Crippen molar-refractivity contribution in [2.75, 3.05) is 6.61 Å². The fourth-order valence-electron chi connectivity index (χ4n) is 8.81. The van der Waals surface area contributed by atoms with Crippen molar-refractivity contribution >= 4 is 5.91 Å². The molecule has 0 aliphatic heterocycles. The van der Waals surface area contributed by atoms with Gasteiger partial charge < -0.3 is 15.5 Å². The molecule has 2 atom stereocenters. The second-order valence-electron chi connectivity index (χ2n) is 20.7. The second kappa shape index (κ2) is 64.6. The lowest BCUT2D eigenvalue weighted by atomic mass is 10.0. The van der Waals surface area contributed by atoms with Crippen molar-refractivity contribution in [1.82, 2.24) is 5.32 Å². The molecule has 426 valence electrons. The Labute approximate surface area is 465 Å². The number of carbonyl (C=O) groups excluding carboxylic acids is 1. The van der Waals surface area contributed by atoms with Gasteiger partial charge in [-0.2, -0.15) is 0 Å². The van der Waals surface area contributed by atoms with Crippen LogP contribution in [0.25, 0.3) is 0 Å². The summed E-state index contributed by atoms with van der Waals surface area (Å²) in [5.74, 6) is -0.0824. The van der Waals surface area contributed by atoms with E-state index in [4.69, 9.17) is 0 Å². The van der Waals surface area contributed by atoms with Crippen LogP contribution in [-0.4, -0.2) is 34.9 Å². The summed E-state index contributed by atoms with van der Waals surface area (Å²) in [6, 6.07) is -0.652. The van der Waals surface area contributed by atoms with Gasteiger partial charge in [-0.25, -0.2) is 0 Å². The first-order chi connectivity index (χ1) is 37.2. The molecule has 4 nitrogen and oxygen atoms in total. The maximum Gasteiger partial charge on any atom is 0.220 e. The number of carbonyl (C=O) groups is 1. The summed E-state index contributed by atoms with van der Waals surface area (Å²) in [6.07, 6.45) is 102. The van der Waals surface area contributed by atoms with Crippen LogP contribution >= 0.6 is 0 Å². The Balaban J connectivity index is 3.62. The number of rotatable bonds is 56. The molecular weight excluding hydrogens is 915 g/mol. The molecular formula is C71H119NO3. The maximum absolute atomic E-state index is 12.5. The Hall–Kier alpha value is -3.73. The van der Waals surface area contributed by atoms with Crippen LogP contribution in [0.1, 0.15) is 277 Å². The van der Waals surface area contributed by atoms with Crippen LogP contribution in [0.15, 0.2) is 146 Å². The summed E-state index contributed by atoms with van der Waals surface area (Å²) in [4.78, 5) is 12.5. The quantitative estimate of drug-likeness (QED) is 0.0420. The first-order valence-electron chi connectivity index (χ1n) is 31.5. The third-order valence-corrected chi connectivity index (χ3v) is 13.6. The molecule has 0 spiro atoms. The molecule has 0 saturated heterocycles. The van der Waals surface area contributed by atoms with E-state index in [9.17, 15) is 15.0 Å². The maximum atomic E-state index is 12.5. The first kappa shape index (κ1) is 71.3. The monoisotopic (exact) mass is 1030 g/mol.